The number of halogens is 1. The fourth-order valence-corrected chi connectivity index (χ4v) is 7.00. The first kappa shape index (κ1) is 24.7. The van der Waals surface area contributed by atoms with Gasteiger partial charge in [-0.1, -0.05) is 34.1 Å². The van der Waals surface area contributed by atoms with Crippen LogP contribution in [0.25, 0.3) is 10.9 Å². The topological polar surface area (TPSA) is 123 Å². The van der Waals surface area contributed by atoms with Crippen molar-refractivity contribution in [3.05, 3.63) is 88.5 Å². The number of amides is 4. The van der Waals surface area contributed by atoms with E-state index in [9.17, 15) is 19.2 Å². The van der Waals surface area contributed by atoms with Crippen LogP contribution in [-0.4, -0.2) is 34.7 Å². The number of hydrogen-bond acceptors (Lipinski definition) is 5. The number of rotatable bonds is 4. The zero-order chi connectivity index (χ0) is 27.8. The number of fused-ring (bicyclic) bond motifs is 5. The maximum Gasteiger partial charge on any atom is 0.250 e. The molecule has 4 aromatic rings. The fraction of sp³-hybridized carbons (Fsp3) is 0.200. The standard InChI is InChI=1S/C30H24BrN5O4/c1-15(37)33-18-7-9-19(10-8-18)36-27(38)25-24(12-16-14-32-22-5-3-2-4-20(16)22)35-30(26(25)28(36)39)21-13-17(31)6-11-23(21)34-29(30)40/h2-11,13-14,24-26,32,35H,12H2,1H3,(H,33,37)(H,34,40)/t24-,25+,26+,30-/m1/s1. The molecule has 200 valence electrons. The summed E-state index contributed by atoms with van der Waals surface area (Å²) in [4.78, 5) is 58.1. The molecule has 1 spiro atoms. The predicted octanol–water partition coefficient (Wildman–Crippen LogP) is 4.06. The lowest BCUT2D eigenvalue weighted by molar-refractivity contribution is -0.130. The summed E-state index contributed by atoms with van der Waals surface area (Å²) in [6.45, 7) is 1.41. The van der Waals surface area contributed by atoms with Crippen LogP contribution in [0.15, 0.2) is 77.4 Å². The SMILES string of the molecule is CC(=O)Nc1ccc(N2C(=O)[C@@H]3[C@@H](C2=O)[C@@]2(N[C@@H]3Cc3c[nH]c4ccccc34)C(=O)Nc3ccc(Br)cc32)cc1. The highest BCUT2D eigenvalue weighted by molar-refractivity contribution is 9.10. The van der Waals surface area contributed by atoms with Gasteiger partial charge in [-0.05, 0) is 60.5 Å². The van der Waals surface area contributed by atoms with Crippen molar-refractivity contribution in [2.75, 3.05) is 15.5 Å². The number of nitrogens with zero attached hydrogens (tertiary/aromatic N) is 1. The number of aromatic amines is 1. The van der Waals surface area contributed by atoms with Gasteiger partial charge in [0.05, 0.1) is 17.5 Å². The van der Waals surface area contributed by atoms with E-state index >= 15 is 0 Å². The molecule has 9 nitrogen and oxygen atoms in total. The Kier molecular flexibility index (Phi) is 5.48. The molecule has 3 aromatic carbocycles. The molecular weight excluding hydrogens is 574 g/mol. The molecule has 3 aliphatic rings. The molecule has 2 fully saturated rings. The molecule has 10 heteroatoms. The summed E-state index contributed by atoms with van der Waals surface area (Å²) in [5.41, 5.74) is 2.78. The first-order valence-electron chi connectivity index (χ1n) is 13.0. The van der Waals surface area contributed by atoms with Gasteiger partial charge in [0.1, 0.15) is 5.54 Å². The van der Waals surface area contributed by atoms with E-state index in [1.165, 1.54) is 11.8 Å². The number of para-hydroxylation sites is 1. The van der Waals surface area contributed by atoms with Crippen molar-refractivity contribution >= 4 is 67.5 Å². The normalized spacial score (nSPS) is 25.0. The lowest BCUT2D eigenvalue weighted by Crippen LogP contribution is -2.53. The number of nitrogens with one attached hydrogen (secondary N) is 4. The van der Waals surface area contributed by atoms with Gasteiger partial charge < -0.3 is 15.6 Å². The quantitative estimate of drug-likeness (QED) is 0.264. The zero-order valence-corrected chi connectivity index (χ0v) is 22.9. The van der Waals surface area contributed by atoms with Crippen LogP contribution >= 0.6 is 15.9 Å². The number of hydrogen-bond donors (Lipinski definition) is 4. The second-order valence-corrected chi connectivity index (χ2v) is 11.4. The van der Waals surface area contributed by atoms with Crippen molar-refractivity contribution in [1.82, 2.24) is 10.3 Å². The average Bonchev–Trinajstić information content (AvgIpc) is 3.64. The summed E-state index contributed by atoms with van der Waals surface area (Å²) in [5.74, 6) is -3.07. The van der Waals surface area contributed by atoms with Crippen LogP contribution in [0.1, 0.15) is 18.1 Å². The maximum atomic E-state index is 14.2. The van der Waals surface area contributed by atoms with Gasteiger partial charge in [0.2, 0.25) is 23.6 Å². The molecule has 4 N–H and O–H groups in total. The summed E-state index contributed by atoms with van der Waals surface area (Å²) in [7, 11) is 0. The molecule has 4 heterocycles. The van der Waals surface area contributed by atoms with E-state index in [0.29, 0.717) is 29.0 Å². The molecule has 1 aromatic heterocycles. The monoisotopic (exact) mass is 597 g/mol. The Balaban J connectivity index is 1.34. The highest BCUT2D eigenvalue weighted by Gasteiger charge is 2.70. The molecule has 4 amide bonds. The van der Waals surface area contributed by atoms with E-state index in [2.05, 4.69) is 36.9 Å². The number of imide groups is 1. The minimum Gasteiger partial charge on any atom is -0.361 e. The summed E-state index contributed by atoms with van der Waals surface area (Å²) >= 11 is 3.51. The molecule has 3 aliphatic heterocycles. The Bertz CT molecular complexity index is 1750. The Morgan fingerprint density at radius 3 is 2.58 bits per heavy atom. The van der Waals surface area contributed by atoms with E-state index in [-0.39, 0.29) is 17.7 Å². The Hall–Kier alpha value is -4.28. The van der Waals surface area contributed by atoms with Crippen molar-refractivity contribution in [2.45, 2.75) is 24.9 Å². The number of carbonyl (C=O) groups excluding carboxylic acids is 4. The summed E-state index contributed by atoms with van der Waals surface area (Å²) in [6.07, 6.45) is 2.36. The average molecular weight is 598 g/mol. The number of H-pyrrole nitrogens is 1. The smallest absolute Gasteiger partial charge is 0.250 e. The van der Waals surface area contributed by atoms with Gasteiger partial charge in [0.15, 0.2) is 0 Å². The second-order valence-electron chi connectivity index (χ2n) is 10.5. The third kappa shape index (κ3) is 3.49. The summed E-state index contributed by atoms with van der Waals surface area (Å²) in [5, 5.41) is 10.2. The van der Waals surface area contributed by atoms with E-state index in [4.69, 9.17) is 0 Å². The van der Waals surface area contributed by atoms with Gasteiger partial charge in [-0.25, -0.2) is 4.90 Å². The van der Waals surface area contributed by atoms with Gasteiger partial charge in [-0.15, -0.1) is 0 Å². The number of carbonyl (C=O) groups is 4. The van der Waals surface area contributed by atoms with Crippen molar-refractivity contribution in [1.29, 1.82) is 0 Å². The zero-order valence-electron chi connectivity index (χ0n) is 21.3. The molecule has 0 radical (unpaired) electrons. The molecule has 0 bridgehead atoms. The lowest BCUT2D eigenvalue weighted by Gasteiger charge is -2.29. The first-order valence-corrected chi connectivity index (χ1v) is 13.8. The van der Waals surface area contributed by atoms with E-state index in [1.54, 1.807) is 30.3 Å². The van der Waals surface area contributed by atoms with Crippen LogP contribution < -0.4 is 20.9 Å². The highest BCUT2D eigenvalue weighted by Crippen LogP contribution is 2.54. The molecule has 4 atom stereocenters. The highest BCUT2D eigenvalue weighted by atomic mass is 79.9. The fourth-order valence-electron chi connectivity index (χ4n) is 6.64. The second kappa shape index (κ2) is 8.87. The number of benzene rings is 3. The molecule has 40 heavy (non-hydrogen) atoms. The summed E-state index contributed by atoms with van der Waals surface area (Å²) < 4.78 is 0.766. The van der Waals surface area contributed by atoms with Crippen molar-refractivity contribution in [2.24, 2.45) is 11.8 Å². The Morgan fingerprint density at radius 2 is 1.80 bits per heavy atom. The minimum absolute atomic E-state index is 0.221. The molecule has 0 aliphatic carbocycles. The molecule has 0 saturated carbocycles. The number of aromatic nitrogens is 1. The third-order valence-electron chi connectivity index (χ3n) is 8.24. The van der Waals surface area contributed by atoms with Crippen LogP contribution in [0.5, 0.6) is 0 Å². The van der Waals surface area contributed by atoms with Gasteiger partial charge in [0.25, 0.3) is 0 Å². The van der Waals surface area contributed by atoms with Gasteiger partial charge in [-0.2, -0.15) is 0 Å². The van der Waals surface area contributed by atoms with Crippen LogP contribution in [-0.2, 0) is 31.1 Å². The van der Waals surface area contributed by atoms with Gasteiger partial charge >= 0.3 is 0 Å². The van der Waals surface area contributed by atoms with E-state index in [0.717, 1.165) is 20.9 Å². The van der Waals surface area contributed by atoms with E-state index < -0.39 is 29.3 Å². The summed E-state index contributed by atoms with van der Waals surface area (Å²) in [6, 6.07) is 19.5. The van der Waals surface area contributed by atoms with Crippen molar-refractivity contribution < 1.29 is 19.2 Å². The molecule has 0 unspecified atom stereocenters. The van der Waals surface area contributed by atoms with Crippen molar-refractivity contribution in [3.63, 3.8) is 0 Å². The third-order valence-corrected chi connectivity index (χ3v) is 8.73. The molecular formula is C30H24BrN5O4. The predicted molar refractivity (Wildman–Crippen MR) is 154 cm³/mol. The van der Waals surface area contributed by atoms with Crippen LogP contribution in [0.4, 0.5) is 17.1 Å². The van der Waals surface area contributed by atoms with Crippen LogP contribution in [0.3, 0.4) is 0 Å². The van der Waals surface area contributed by atoms with Crippen LogP contribution in [0, 0.1) is 11.8 Å². The Labute approximate surface area is 237 Å². The maximum absolute atomic E-state index is 14.2. The largest absolute Gasteiger partial charge is 0.361 e. The van der Waals surface area contributed by atoms with Gasteiger partial charge in [-0.3, -0.25) is 24.5 Å². The Morgan fingerprint density at radius 1 is 1.02 bits per heavy atom. The first-order chi connectivity index (χ1) is 19.3. The van der Waals surface area contributed by atoms with Gasteiger partial charge in [0, 0.05) is 51.5 Å². The van der Waals surface area contributed by atoms with Crippen molar-refractivity contribution in [3.8, 4) is 0 Å². The minimum atomic E-state index is -1.40. The lowest BCUT2D eigenvalue weighted by atomic mass is 9.76. The molecule has 7 rings (SSSR count). The molecule has 2 saturated heterocycles. The number of anilines is 3. The van der Waals surface area contributed by atoms with Crippen LogP contribution in [0.2, 0.25) is 0 Å². The van der Waals surface area contributed by atoms with E-state index in [1.807, 2.05) is 42.6 Å².